The van der Waals surface area contributed by atoms with Gasteiger partial charge < -0.3 is 9.80 Å². The van der Waals surface area contributed by atoms with Gasteiger partial charge in [0.15, 0.2) is 0 Å². The maximum absolute atomic E-state index is 14.1. The summed E-state index contributed by atoms with van der Waals surface area (Å²) in [4.78, 5) is 20.9. The monoisotopic (exact) mass is 470 g/mol. The van der Waals surface area contributed by atoms with E-state index in [0.29, 0.717) is 19.4 Å². The van der Waals surface area contributed by atoms with Crippen LogP contribution in [0, 0.1) is 17.2 Å². The number of urea groups is 1. The van der Waals surface area contributed by atoms with Gasteiger partial charge in [0.1, 0.15) is 0 Å². The third-order valence-electron chi connectivity index (χ3n) is 8.23. The predicted octanol–water partition coefficient (Wildman–Crippen LogP) is 6.37. The Bertz CT molecular complexity index is 1020. The first-order chi connectivity index (χ1) is 17.3. The summed E-state index contributed by atoms with van der Waals surface area (Å²) in [5.74, 6) is 0.858. The van der Waals surface area contributed by atoms with Crippen LogP contribution in [0.4, 0.5) is 10.5 Å². The van der Waals surface area contributed by atoms with Crippen LogP contribution in [-0.4, -0.2) is 48.1 Å². The highest BCUT2D eigenvalue weighted by Gasteiger charge is 2.42. The SMILES string of the molecule is N#CCCCN1C(=O)N(C2CCN(CC3CCCCC3)CC2)C(c2ccccc2)c2ccccc21. The van der Waals surface area contributed by atoms with E-state index in [1.165, 1.54) is 49.8 Å². The Kier molecular flexibility index (Phi) is 7.69. The Hall–Kier alpha value is -2.84. The predicted molar refractivity (Wildman–Crippen MR) is 140 cm³/mol. The van der Waals surface area contributed by atoms with Crippen molar-refractivity contribution in [1.82, 2.24) is 9.80 Å². The van der Waals surface area contributed by atoms with E-state index in [9.17, 15) is 4.79 Å². The minimum absolute atomic E-state index is 0.0676. The summed E-state index contributed by atoms with van der Waals surface area (Å²) < 4.78 is 0. The van der Waals surface area contributed by atoms with Crippen LogP contribution in [0.15, 0.2) is 54.6 Å². The zero-order chi connectivity index (χ0) is 24.0. The lowest BCUT2D eigenvalue weighted by Crippen LogP contribution is -2.56. The number of carbonyl (C=O) groups excluding carboxylic acids is 1. The molecule has 35 heavy (non-hydrogen) atoms. The number of amides is 2. The van der Waals surface area contributed by atoms with Crippen LogP contribution in [0.25, 0.3) is 0 Å². The van der Waals surface area contributed by atoms with Gasteiger partial charge in [0, 0.05) is 44.2 Å². The molecule has 0 N–H and O–H groups in total. The van der Waals surface area contributed by atoms with Crippen molar-refractivity contribution in [1.29, 1.82) is 5.26 Å². The molecule has 1 aliphatic carbocycles. The van der Waals surface area contributed by atoms with Gasteiger partial charge in [-0.15, -0.1) is 0 Å². The number of nitriles is 1. The maximum atomic E-state index is 14.1. The first-order valence-corrected chi connectivity index (χ1v) is 13.6. The molecule has 0 aromatic heterocycles. The minimum atomic E-state index is -0.0676. The molecule has 2 aromatic rings. The van der Waals surface area contributed by atoms with Crippen LogP contribution in [-0.2, 0) is 0 Å². The number of carbonyl (C=O) groups is 1. The van der Waals surface area contributed by atoms with E-state index in [1.54, 1.807) is 0 Å². The summed E-state index contributed by atoms with van der Waals surface area (Å²) >= 11 is 0. The molecule has 0 bridgehead atoms. The third kappa shape index (κ3) is 5.23. The van der Waals surface area contributed by atoms with E-state index in [4.69, 9.17) is 5.26 Å². The molecular weight excluding hydrogens is 432 g/mol. The van der Waals surface area contributed by atoms with Gasteiger partial charge in [-0.1, -0.05) is 67.8 Å². The summed E-state index contributed by atoms with van der Waals surface area (Å²) in [5, 5.41) is 9.08. The normalized spacial score (nSPS) is 22.1. The fourth-order valence-corrected chi connectivity index (χ4v) is 6.46. The van der Waals surface area contributed by atoms with Gasteiger partial charge in [0.05, 0.1) is 17.8 Å². The van der Waals surface area contributed by atoms with Gasteiger partial charge in [0.25, 0.3) is 0 Å². The Labute approximate surface area is 210 Å². The van der Waals surface area contributed by atoms with Crippen LogP contribution in [0.1, 0.15) is 75.0 Å². The van der Waals surface area contributed by atoms with Gasteiger partial charge in [-0.05, 0) is 49.7 Å². The molecule has 2 aromatic carbocycles. The van der Waals surface area contributed by atoms with E-state index in [2.05, 4.69) is 58.3 Å². The quantitative estimate of drug-likeness (QED) is 0.442. The molecule has 2 aliphatic heterocycles. The number of unbranched alkanes of at least 4 members (excludes halogenated alkanes) is 1. The number of piperidine rings is 1. The smallest absolute Gasteiger partial charge is 0.310 e. The summed E-state index contributed by atoms with van der Waals surface area (Å²) in [5.41, 5.74) is 3.37. The molecule has 2 amide bonds. The summed E-state index contributed by atoms with van der Waals surface area (Å²) in [6.45, 7) is 3.96. The number of anilines is 1. The molecular formula is C30H38N4O. The van der Waals surface area contributed by atoms with Gasteiger partial charge in [-0.3, -0.25) is 4.90 Å². The molecule has 1 unspecified atom stereocenters. The maximum Gasteiger partial charge on any atom is 0.325 e. The molecule has 2 heterocycles. The molecule has 0 radical (unpaired) electrons. The lowest BCUT2D eigenvalue weighted by Gasteiger charge is -2.48. The van der Waals surface area contributed by atoms with E-state index >= 15 is 0 Å². The van der Waals surface area contributed by atoms with Crippen molar-refractivity contribution in [2.45, 2.75) is 69.9 Å². The largest absolute Gasteiger partial charge is 0.325 e. The Morgan fingerprint density at radius 3 is 2.34 bits per heavy atom. The fourth-order valence-electron chi connectivity index (χ4n) is 6.46. The highest BCUT2D eigenvalue weighted by atomic mass is 16.2. The topological polar surface area (TPSA) is 50.6 Å². The van der Waals surface area contributed by atoms with Gasteiger partial charge >= 0.3 is 6.03 Å². The second-order valence-corrected chi connectivity index (χ2v) is 10.5. The molecule has 2 fully saturated rings. The number of likely N-dealkylation sites (tertiary alicyclic amines) is 1. The lowest BCUT2D eigenvalue weighted by molar-refractivity contribution is 0.0927. The van der Waals surface area contributed by atoms with Crippen molar-refractivity contribution < 1.29 is 4.79 Å². The van der Waals surface area contributed by atoms with Gasteiger partial charge in [0.2, 0.25) is 0 Å². The lowest BCUT2D eigenvalue weighted by atomic mass is 9.87. The Morgan fingerprint density at radius 1 is 0.886 bits per heavy atom. The number of para-hydroxylation sites is 1. The van der Waals surface area contributed by atoms with Gasteiger partial charge in [-0.2, -0.15) is 5.26 Å². The number of fused-ring (bicyclic) bond motifs is 1. The summed E-state index contributed by atoms with van der Waals surface area (Å²) in [6, 6.07) is 21.4. The van der Waals surface area contributed by atoms with Gasteiger partial charge in [-0.25, -0.2) is 4.79 Å². The average molecular weight is 471 g/mol. The fraction of sp³-hybridized carbons (Fsp3) is 0.533. The number of nitrogens with zero attached hydrogens (tertiary/aromatic N) is 4. The second kappa shape index (κ2) is 11.3. The van der Waals surface area contributed by atoms with Crippen LogP contribution >= 0.6 is 0 Å². The van der Waals surface area contributed by atoms with Crippen molar-refractivity contribution in [2.24, 2.45) is 5.92 Å². The number of hydrogen-bond acceptors (Lipinski definition) is 3. The van der Waals surface area contributed by atoms with Crippen LogP contribution in [0.2, 0.25) is 0 Å². The van der Waals surface area contributed by atoms with Crippen LogP contribution in [0.5, 0.6) is 0 Å². The first-order valence-electron chi connectivity index (χ1n) is 13.6. The Morgan fingerprint density at radius 2 is 1.60 bits per heavy atom. The third-order valence-corrected chi connectivity index (χ3v) is 8.23. The van der Waals surface area contributed by atoms with E-state index < -0.39 is 0 Å². The first kappa shape index (κ1) is 23.9. The standard InChI is InChI=1S/C30H38N4O/c31-19-9-10-20-33-28-16-8-7-15-27(28)29(25-13-5-2-6-14-25)34(30(33)35)26-17-21-32(22-18-26)23-24-11-3-1-4-12-24/h2,5-8,13-16,24,26,29H,1,3-4,9-12,17-18,20-23H2. The molecule has 0 spiro atoms. The average Bonchev–Trinajstić information content (AvgIpc) is 2.91. The van der Waals surface area contributed by atoms with Crippen molar-refractivity contribution >= 4 is 11.7 Å². The van der Waals surface area contributed by atoms with E-state index in [-0.39, 0.29) is 18.1 Å². The molecule has 5 rings (SSSR count). The molecule has 3 aliphatic rings. The number of benzene rings is 2. The van der Waals surface area contributed by atoms with E-state index in [1.807, 2.05) is 17.0 Å². The summed E-state index contributed by atoms with van der Waals surface area (Å²) in [7, 11) is 0. The molecule has 1 atom stereocenters. The molecule has 184 valence electrons. The molecule has 1 saturated heterocycles. The van der Waals surface area contributed by atoms with Crippen molar-refractivity contribution in [2.75, 3.05) is 31.1 Å². The second-order valence-electron chi connectivity index (χ2n) is 10.5. The molecule has 1 saturated carbocycles. The zero-order valence-corrected chi connectivity index (χ0v) is 20.8. The molecule has 5 nitrogen and oxygen atoms in total. The highest BCUT2D eigenvalue weighted by Crippen LogP contribution is 2.43. The zero-order valence-electron chi connectivity index (χ0n) is 20.8. The number of rotatable bonds is 7. The highest BCUT2D eigenvalue weighted by molar-refractivity contribution is 5.96. The van der Waals surface area contributed by atoms with E-state index in [0.717, 1.165) is 37.5 Å². The van der Waals surface area contributed by atoms with Crippen molar-refractivity contribution in [3.05, 3.63) is 65.7 Å². The van der Waals surface area contributed by atoms with Crippen molar-refractivity contribution in [3.63, 3.8) is 0 Å². The van der Waals surface area contributed by atoms with Crippen LogP contribution < -0.4 is 4.90 Å². The van der Waals surface area contributed by atoms with Crippen LogP contribution in [0.3, 0.4) is 0 Å². The number of hydrogen-bond donors (Lipinski definition) is 0. The van der Waals surface area contributed by atoms with Crippen molar-refractivity contribution in [3.8, 4) is 6.07 Å². The molecule has 5 heteroatoms. The summed E-state index contributed by atoms with van der Waals surface area (Å²) in [6.07, 6.45) is 10.2. The Balaban J connectivity index is 1.40. The minimum Gasteiger partial charge on any atom is -0.310 e.